The molecule has 0 spiro atoms. The van der Waals surface area contributed by atoms with E-state index in [1.54, 1.807) is 0 Å². The van der Waals surface area contributed by atoms with Crippen molar-refractivity contribution in [3.8, 4) is 5.82 Å². The first-order chi connectivity index (χ1) is 16.0. The average molecular weight is 432 g/mol. The number of rotatable bonds is 1. The number of benzene rings is 3. The smallest absolute Gasteiger partial charge is 0.312 e. The fourth-order valence-electron chi connectivity index (χ4n) is 5.21. The second-order valence-corrected chi connectivity index (χ2v) is 9.02. The molecular weight excluding hydrogens is 408 g/mol. The van der Waals surface area contributed by atoms with Crippen LogP contribution in [0.4, 0.5) is 0 Å². The molecule has 5 nitrogen and oxygen atoms in total. The van der Waals surface area contributed by atoms with E-state index in [1.807, 2.05) is 12.1 Å². The fourth-order valence-corrected chi connectivity index (χ4v) is 5.21. The maximum absolute atomic E-state index is 6.25. The van der Waals surface area contributed by atoms with Gasteiger partial charge in [0.2, 0.25) is 0 Å². The zero-order valence-corrected chi connectivity index (χ0v) is 19.0. The van der Waals surface area contributed by atoms with Crippen LogP contribution in [0.25, 0.3) is 55.6 Å². The number of furan rings is 1. The first kappa shape index (κ1) is 18.5. The molecule has 5 heteroatoms. The van der Waals surface area contributed by atoms with Gasteiger partial charge in [0, 0.05) is 10.9 Å². The summed E-state index contributed by atoms with van der Waals surface area (Å²) in [5, 5.41) is 2.24. The molecule has 3 aromatic carbocycles. The average Bonchev–Trinajstić information content (AvgIpc) is 3.45. The number of pyridine rings is 1. The molecule has 0 saturated heterocycles. The highest BCUT2D eigenvalue weighted by Gasteiger charge is 2.28. The highest BCUT2D eigenvalue weighted by Crippen LogP contribution is 2.34. The van der Waals surface area contributed by atoms with Crippen LogP contribution in [0.3, 0.4) is 0 Å². The number of nitrogens with zero attached hydrogens (tertiary/aromatic N) is 4. The molecule has 0 fully saturated rings. The molecule has 0 atom stereocenters. The van der Waals surface area contributed by atoms with E-state index in [2.05, 4.69) is 96.1 Å². The second-order valence-electron chi connectivity index (χ2n) is 9.02. The zero-order chi connectivity index (χ0) is 22.4. The Hall–Kier alpha value is -4.12. The molecule has 0 bridgehead atoms. The summed E-state index contributed by atoms with van der Waals surface area (Å²) in [5.74, 6) is 1.93. The first-order valence-corrected chi connectivity index (χ1v) is 11.2. The monoisotopic (exact) mass is 431 g/mol. The largest absolute Gasteiger partial charge is 0.456 e. The van der Waals surface area contributed by atoms with Gasteiger partial charge < -0.3 is 4.42 Å². The van der Waals surface area contributed by atoms with Crippen molar-refractivity contribution in [2.45, 2.75) is 20.8 Å². The van der Waals surface area contributed by atoms with Crippen LogP contribution in [0.5, 0.6) is 0 Å². The summed E-state index contributed by atoms with van der Waals surface area (Å²) in [5.41, 5.74) is 9.97. The normalized spacial score (nSPS) is 12.2. The molecule has 0 aliphatic heterocycles. The third-order valence-electron chi connectivity index (χ3n) is 7.05. The summed E-state index contributed by atoms with van der Waals surface area (Å²) in [7, 11) is 2.10. The van der Waals surface area contributed by atoms with Gasteiger partial charge in [-0.1, -0.05) is 36.4 Å². The van der Waals surface area contributed by atoms with Crippen molar-refractivity contribution in [3.05, 3.63) is 83.6 Å². The lowest BCUT2D eigenvalue weighted by atomic mass is 10.1. The lowest BCUT2D eigenvalue weighted by molar-refractivity contribution is -0.664. The Bertz CT molecular complexity index is 1920. The minimum Gasteiger partial charge on any atom is -0.456 e. The molecule has 0 unspecified atom stereocenters. The molecule has 7 aromatic rings. The van der Waals surface area contributed by atoms with Crippen LogP contribution < -0.4 is 4.57 Å². The van der Waals surface area contributed by atoms with Gasteiger partial charge in [-0.2, -0.15) is 9.55 Å². The van der Waals surface area contributed by atoms with Crippen LogP contribution in [0.1, 0.15) is 16.7 Å². The molecule has 0 aliphatic carbocycles. The van der Waals surface area contributed by atoms with E-state index in [9.17, 15) is 0 Å². The topological polar surface area (TPSA) is 39.2 Å². The summed E-state index contributed by atoms with van der Waals surface area (Å²) < 4.78 is 13.0. The minimum absolute atomic E-state index is 0.877. The summed E-state index contributed by atoms with van der Waals surface area (Å²) in [6.07, 6.45) is 2.16. The standard InChI is InChI=1S/C28H23N4O/c1-16-12-13-22-27(18(16)3)32(28-29-26-17(2)8-7-10-21(26)31(22)28)25-14-24-20(15-30(25)4)19-9-5-6-11-23(19)33-24/h5-15H,1-4H3/q+1. The molecule has 0 saturated carbocycles. The summed E-state index contributed by atoms with van der Waals surface area (Å²) in [6, 6.07) is 21.1. The molecule has 160 valence electrons. The summed E-state index contributed by atoms with van der Waals surface area (Å²) in [6.45, 7) is 6.48. The van der Waals surface area contributed by atoms with Crippen molar-refractivity contribution < 1.29 is 8.98 Å². The van der Waals surface area contributed by atoms with Gasteiger partial charge in [-0.15, -0.1) is 0 Å². The molecule has 0 aliphatic rings. The molecule has 4 heterocycles. The van der Waals surface area contributed by atoms with Gasteiger partial charge in [-0.05, 0) is 50.1 Å². The first-order valence-electron chi connectivity index (χ1n) is 11.2. The van der Waals surface area contributed by atoms with Gasteiger partial charge >= 0.3 is 5.78 Å². The van der Waals surface area contributed by atoms with Crippen LogP contribution in [0.15, 0.2) is 71.3 Å². The SMILES string of the molecule is Cc1ccc2c(c1C)n(-c1cc3oc4ccccc4c3c[n+]1C)c1nc3c(C)cccc3n21. The lowest BCUT2D eigenvalue weighted by Crippen LogP contribution is -2.33. The number of hydrogen-bond donors (Lipinski definition) is 0. The van der Waals surface area contributed by atoms with Crippen LogP contribution in [-0.2, 0) is 7.05 Å². The quantitative estimate of drug-likeness (QED) is 0.296. The van der Waals surface area contributed by atoms with Crippen molar-refractivity contribution in [1.29, 1.82) is 0 Å². The number of aryl methyl sites for hydroxylation is 4. The predicted octanol–water partition coefficient (Wildman–Crippen LogP) is 6.08. The number of imidazole rings is 2. The predicted molar refractivity (Wildman–Crippen MR) is 132 cm³/mol. The van der Waals surface area contributed by atoms with Crippen molar-refractivity contribution in [1.82, 2.24) is 14.0 Å². The molecule has 7 rings (SSSR count). The van der Waals surface area contributed by atoms with Gasteiger partial charge in [0.15, 0.2) is 5.52 Å². The Morgan fingerprint density at radius 2 is 1.67 bits per heavy atom. The Morgan fingerprint density at radius 1 is 0.818 bits per heavy atom. The van der Waals surface area contributed by atoms with E-state index in [0.29, 0.717) is 0 Å². The maximum Gasteiger partial charge on any atom is 0.312 e. The van der Waals surface area contributed by atoms with Crippen molar-refractivity contribution in [2.75, 3.05) is 0 Å². The number of fused-ring (bicyclic) bond motifs is 8. The zero-order valence-electron chi connectivity index (χ0n) is 19.0. The third-order valence-corrected chi connectivity index (χ3v) is 7.05. The van der Waals surface area contributed by atoms with Crippen LogP contribution in [0.2, 0.25) is 0 Å². The highest BCUT2D eigenvalue weighted by atomic mass is 16.3. The second kappa shape index (κ2) is 6.23. The number of para-hydroxylation sites is 2. The Balaban J connectivity index is 1.69. The van der Waals surface area contributed by atoms with Gasteiger partial charge in [-0.25, -0.2) is 4.57 Å². The highest BCUT2D eigenvalue weighted by molar-refractivity contribution is 6.04. The molecule has 0 amide bonds. The van der Waals surface area contributed by atoms with Crippen LogP contribution >= 0.6 is 0 Å². The van der Waals surface area contributed by atoms with Crippen molar-refractivity contribution in [3.63, 3.8) is 0 Å². The maximum atomic E-state index is 6.25. The van der Waals surface area contributed by atoms with E-state index in [-0.39, 0.29) is 0 Å². The van der Waals surface area contributed by atoms with Gasteiger partial charge in [0.05, 0.1) is 35.1 Å². The molecule has 33 heavy (non-hydrogen) atoms. The van der Waals surface area contributed by atoms with Crippen molar-refractivity contribution in [2.24, 2.45) is 7.05 Å². The van der Waals surface area contributed by atoms with Crippen LogP contribution in [0, 0.1) is 20.8 Å². The van der Waals surface area contributed by atoms with Gasteiger partial charge in [0.1, 0.15) is 17.4 Å². The van der Waals surface area contributed by atoms with Crippen LogP contribution in [-0.4, -0.2) is 14.0 Å². The van der Waals surface area contributed by atoms with E-state index in [0.717, 1.165) is 50.1 Å². The molecule has 0 radical (unpaired) electrons. The van der Waals surface area contributed by atoms with E-state index < -0.39 is 0 Å². The van der Waals surface area contributed by atoms with Gasteiger partial charge in [0.25, 0.3) is 5.82 Å². The molecule has 4 aromatic heterocycles. The van der Waals surface area contributed by atoms with E-state index in [1.165, 1.54) is 22.2 Å². The minimum atomic E-state index is 0.877. The van der Waals surface area contributed by atoms with Gasteiger partial charge in [-0.3, -0.25) is 4.40 Å². The number of aromatic nitrogens is 4. The Labute approximate surface area is 190 Å². The third kappa shape index (κ3) is 2.31. The summed E-state index contributed by atoms with van der Waals surface area (Å²) in [4.78, 5) is 5.14. The Morgan fingerprint density at radius 3 is 2.55 bits per heavy atom. The number of hydrogen-bond acceptors (Lipinski definition) is 2. The Kier molecular flexibility index (Phi) is 3.48. The van der Waals surface area contributed by atoms with E-state index in [4.69, 9.17) is 9.40 Å². The summed E-state index contributed by atoms with van der Waals surface area (Å²) >= 11 is 0. The molecule has 0 N–H and O–H groups in total. The molecular formula is C28H23N4O+. The van der Waals surface area contributed by atoms with E-state index >= 15 is 0 Å². The van der Waals surface area contributed by atoms with Crippen molar-refractivity contribution >= 4 is 49.8 Å². The fraction of sp³-hybridized carbons (Fsp3) is 0.143. The lowest BCUT2D eigenvalue weighted by Gasteiger charge is -2.05.